The lowest BCUT2D eigenvalue weighted by molar-refractivity contribution is -0.220. The van der Waals surface area contributed by atoms with Crippen molar-refractivity contribution >= 4 is 13.8 Å². The summed E-state index contributed by atoms with van der Waals surface area (Å²) in [5.41, 5.74) is 0. The van der Waals surface area contributed by atoms with Gasteiger partial charge in [0.2, 0.25) is 0 Å². The summed E-state index contributed by atoms with van der Waals surface area (Å²) in [5.74, 6) is -0.500. The van der Waals surface area contributed by atoms with Crippen LogP contribution in [-0.4, -0.2) is 98.9 Å². The lowest BCUT2D eigenvalue weighted by atomic mass is 9.85. The van der Waals surface area contributed by atoms with E-state index in [0.29, 0.717) is 13.0 Å². The molecular formula is C43H75O12P. The molecule has 0 aromatic rings. The summed E-state index contributed by atoms with van der Waals surface area (Å²) in [6, 6.07) is 0. The molecule has 0 radical (unpaired) electrons. The van der Waals surface area contributed by atoms with Crippen molar-refractivity contribution in [1.82, 2.24) is 0 Å². The predicted octanol–water partition coefficient (Wildman–Crippen LogP) is 7.86. The number of allylic oxidation sites excluding steroid dienone is 10. The molecule has 56 heavy (non-hydrogen) atoms. The van der Waals surface area contributed by atoms with Crippen molar-refractivity contribution in [2.75, 3.05) is 19.8 Å². The van der Waals surface area contributed by atoms with Gasteiger partial charge in [-0.1, -0.05) is 139 Å². The fourth-order valence-electron chi connectivity index (χ4n) is 6.03. The van der Waals surface area contributed by atoms with E-state index in [1.165, 1.54) is 32.1 Å². The summed E-state index contributed by atoms with van der Waals surface area (Å²) in [7, 11) is -5.02. The second-order valence-electron chi connectivity index (χ2n) is 14.5. The normalized spacial score (nSPS) is 23.6. The summed E-state index contributed by atoms with van der Waals surface area (Å²) < 4.78 is 34.0. The molecule has 13 heteroatoms. The second kappa shape index (κ2) is 34.0. The highest BCUT2D eigenvalue weighted by molar-refractivity contribution is 7.47. The molecule has 0 heterocycles. The Labute approximate surface area is 337 Å². The third kappa shape index (κ3) is 26.1. The van der Waals surface area contributed by atoms with Gasteiger partial charge in [0.15, 0.2) is 0 Å². The van der Waals surface area contributed by atoms with Gasteiger partial charge in [-0.15, -0.1) is 0 Å². The van der Waals surface area contributed by atoms with Gasteiger partial charge in [0, 0.05) is 13.0 Å². The molecule has 0 aliphatic heterocycles. The number of rotatable bonds is 34. The maximum Gasteiger partial charge on any atom is 0.472 e. The van der Waals surface area contributed by atoms with Crippen molar-refractivity contribution in [2.24, 2.45) is 0 Å². The van der Waals surface area contributed by atoms with Crippen LogP contribution in [0.1, 0.15) is 142 Å². The monoisotopic (exact) mass is 814 g/mol. The zero-order valence-electron chi connectivity index (χ0n) is 34.2. The summed E-state index contributed by atoms with van der Waals surface area (Å²) in [5, 5.41) is 50.0. The number of unbranched alkanes of at least 4 members (excludes halogenated alkanes) is 12. The first-order chi connectivity index (χ1) is 27.0. The van der Waals surface area contributed by atoms with Crippen LogP contribution in [0.25, 0.3) is 0 Å². The minimum absolute atomic E-state index is 0.0870. The summed E-state index contributed by atoms with van der Waals surface area (Å²) >= 11 is 0. The molecule has 6 atom stereocenters. The van der Waals surface area contributed by atoms with E-state index in [4.69, 9.17) is 18.5 Å². The Hall–Kier alpha value is -1.96. The number of hydrogen-bond donors (Lipinski definition) is 6. The highest BCUT2D eigenvalue weighted by Gasteiger charge is 2.51. The summed E-state index contributed by atoms with van der Waals surface area (Å²) in [6.07, 6.45) is 28.8. The molecule has 1 aliphatic carbocycles. The molecule has 1 saturated carbocycles. The van der Waals surface area contributed by atoms with Crippen LogP contribution in [0.3, 0.4) is 0 Å². The lowest BCUT2D eigenvalue weighted by Gasteiger charge is -2.41. The van der Waals surface area contributed by atoms with Gasteiger partial charge in [0.1, 0.15) is 42.7 Å². The quantitative estimate of drug-likeness (QED) is 0.0160. The highest BCUT2D eigenvalue weighted by atomic mass is 31.2. The van der Waals surface area contributed by atoms with Gasteiger partial charge in [-0.3, -0.25) is 13.8 Å². The smallest absolute Gasteiger partial charge is 0.457 e. The molecule has 324 valence electrons. The topological polar surface area (TPSA) is 192 Å². The molecular weight excluding hydrogens is 739 g/mol. The maximum atomic E-state index is 12.7. The molecule has 0 saturated heterocycles. The summed E-state index contributed by atoms with van der Waals surface area (Å²) in [6.45, 7) is 4.06. The number of hydrogen-bond acceptors (Lipinski definition) is 11. The molecule has 0 aromatic carbocycles. The average molecular weight is 815 g/mol. The maximum absolute atomic E-state index is 12.7. The number of carbonyl (C=O) groups is 1. The number of phosphoric acid groups is 1. The van der Waals surface area contributed by atoms with E-state index >= 15 is 0 Å². The first kappa shape index (κ1) is 52.1. The van der Waals surface area contributed by atoms with Crippen molar-refractivity contribution in [3.05, 3.63) is 60.8 Å². The van der Waals surface area contributed by atoms with E-state index in [-0.39, 0.29) is 13.0 Å². The van der Waals surface area contributed by atoms with Crippen LogP contribution >= 0.6 is 7.82 Å². The number of aliphatic hydroxyl groups excluding tert-OH is 5. The largest absolute Gasteiger partial charge is 0.472 e. The number of ether oxygens (including phenoxy) is 2. The van der Waals surface area contributed by atoms with Gasteiger partial charge in [0.05, 0.1) is 13.2 Å². The van der Waals surface area contributed by atoms with Crippen LogP contribution in [-0.2, 0) is 27.9 Å². The lowest BCUT2D eigenvalue weighted by Crippen LogP contribution is -2.64. The van der Waals surface area contributed by atoms with Gasteiger partial charge < -0.3 is 39.9 Å². The first-order valence-electron chi connectivity index (χ1n) is 21.1. The third-order valence-electron chi connectivity index (χ3n) is 9.40. The minimum atomic E-state index is -5.02. The molecule has 12 nitrogen and oxygen atoms in total. The molecule has 6 N–H and O–H groups in total. The zero-order valence-corrected chi connectivity index (χ0v) is 35.1. The fourth-order valence-corrected chi connectivity index (χ4v) is 7.00. The Morgan fingerprint density at radius 2 is 1.05 bits per heavy atom. The second-order valence-corrected chi connectivity index (χ2v) is 15.9. The van der Waals surface area contributed by atoms with Crippen LogP contribution < -0.4 is 0 Å². The van der Waals surface area contributed by atoms with Crippen LogP contribution in [0.5, 0.6) is 0 Å². The molecule has 1 rings (SSSR count). The average Bonchev–Trinajstić information content (AvgIpc) is 3.18. The zero-order chi connectivity index (χ0) is 41.3. The Morgan fingerprint density at radius 3 is 1.61 bits per heavy atom. The van der Waals surface area contributed by atoms with Gasteiger partial charge in [0.25, 0.3) is 0 Å². The van der Waals surface area contributed by atoms with E-state index in [2.05, 4.69) is 74.6 Å². The summed E-state index contributed by atoms with van der Waals surface area (Å²) in [4.78, 5) is 23.0. The van der Waals surface area contributed by atoms with Gasteiger partial charge in [-0.25, -0.2) is 4.57 Å². The molecule has 0 amide bonds. The highest BCUT2D eigenvalue weighted by Crippen LogP contribution is 2.47. The molecule has 1 aliphatic rings. The van der Waals surface area contributed by atoms with Gasteiger partial charge in [-0.05, 0) is 57.8 Å². The SMILES string of the molecule is CC/C=C\C/C=C\C/C=C\C/C=C\C/C=C\CCCCCCCC(=O)OC(COCCCCCCCCCC)COP(=O)(O)OC1C(O)C(O)C(O)C(O)C1O. The van der Waals surface area contributed by atoms with Crippen molar-refractivity contribution in [3.63, 3.8) is 0 Å². The van der Waals surface area contributed by atoms with Gasteiger partial charge >= 0.3 is 13.8 Å². The molecule has 0 aromatic heterocycles. The molecule has 0 spiro atoms. The number of esters is 1. The van der Waals surface area contributed by atoms with E-state index in [1.807, 2.05) is 0 Å². The third-order valence-corrected chi connectivity index (χ3v) is 10.4. The standard InChI is InChI=1S/C43H75O12P/c1-3-5-7-9-11-13-14-15-16-17-18-19-20-21-22-23-24-25-26-28-30-32-37(44)54-36(34-52-33-31-29-27-12-10-8-6-4-2)35-53-56(50,51)55-43-41(48)39(46)38(45)40(47)42(43)49/h5,7,11,13,15-16,18-19,21-22,36,38-43,45-49H,3-4,6,8-10,12,14,17,20,23-35H2,1-2H3,(H,50,51)/b7-5-,13-11-,16-15-,19-18-,22-21-. The van der Waals surface area contributed by atoms with Crippen LogP contribution in [0.15, 0.2) is 60.8 Å². The van der Waals surface area contributed by atoms with Crippen LogP contribution in [0, 0.1) is 0 Å². The van der Waals surface area contributed by atoms with E-state index in [9.17, 15) is 39.8 Å². The van der Waals surface area contributed by atoms with Crippen molar-refractivity contribution in [1.29, 1.82) is 0 Å². The van der Waals surface area contributed by atoms with Crippen LogP contribution in [0.4, 0.5) is 0 Å². The predicted molar refractivity (Wildman–Crippen MR) is 221 cm³/mol. The van der Waals surface area contributed by atoms with Crippen LogP contribution in [0.2, 0.25) is 0 Å². The minimum Gasteiger partial charge on any atom is -0.457 e. The first-order valence-corrected chi connectivity index (χ1v) is 22.6. The number of phosphoric ester groups is 1. The van der Waals surface area contributed by atoms with E-state index < -0.39 is 63.1 Å². The Bertz CT molecular complexity index is 1160. The number of aliphatic hydroxyl groups is 5. The van der Waals surface area contributed by atoms with Crippen molar-refractivity contribution < 1.29 is 58.3 Å². The molecule has 1 fully saturated rings. The Kier molecular flexibility index (Phi) is 31.6. The molecule has 6 unspecified atom stereocenters. The molecule has 0 bridgehead atoms. The van der Waals surface area contributed by atoms with Gasteiger partial charge in [-0.2, -0.15) is 0 Å². The Morgan fingerprint density at radius 1 is 0.589 bits per heavy atom. The van der Waals surface area contributed by atoms with E-state index in [1.54, 1.807) is 0 Å². The Balaban J connectivity index is 2.39. The van der Waals surface area contributed by atoms with Crippen molar-refractivity contribution in [3.8, 4) is 0 Å². The van der Waals surface area contributed by atoms with Crippen molar-refractivity contribution in [2.45, 2.75) is 185 Å². The van der Waals surface area contributed by atoms with E-state index in [0.717, 1.165) is 83.5 Å². The number of carbonyl (C=O) groups excluding carboxylic acids is 1. The fraction of sp³-hybridized carbons (Fsp3) is 0.744.